The van der Waals surface area contributed by atoms with Gasteiger partial charge in [-0.2, -0.15) is 0 Å². The lowest BCUT2D eigenvalue weighted by atomic mass is 9.80. The largest absolute Gasteiger partial charge is 0.308 e. The maximum absolute atomic E-state index is 6.12. The van der Waals surface area contributed by atoms with E-state index in [1.54, 1.807) is 0 Å². The number of benzene rings is 1. The van der Waals surface area contributed by atoms with Crippen LogP contribution in [-0.4, -0.2) is 31.1 Å². The normalized spacial score (nSPS) is 19.7. The molecule has 1 unspecified atom stereocenters. The molecule has 1 aliphatic carbocycles. The van der Waals surface area contributed by atoms with Crippen LogP contribution in [0.5, 0.6) is 0 Å². The fraction of sp³-hybridized carbons (Fsp3) is 0.647. The molecule has 1 fully saturated rings. The lowest BCUT2D eigenvalue weighted by Gasteiger charge is -2.44. The lowest BCUT2D eigenvalue weighted by molar-refractivity contribution is 0.0958. The molecule has 1 aromatic rings. The van der Waals surface area contributed by atoms with E-state index in [9.17, 15) is 0 Å². The van der Waals surface area contributed by atoms with Gasteiger partial charge in [0.15, 0.2) is 0 Å². The second kappa shape index (κ2) is 7.32. The van der Waals surface area contributed by atoms with Gasteiger partial charge in [-0.3, -0.25) is 0 Å². The van der Waals surface area contributed by atoms with E-state index in [4.69, 9.17) is 23.2 Å². The summed E-state index contributed by atoms with van der Waals surface area (Å²) < 4.78 is 0. The van der Waals surface area contributed by atoms with Crippen molar-refractivity contribution in [2.45, 2.75) is 50.6 Å². The fourth-order valence-electron chi connectivity index (χ4n) is 3.23. The predicted molar refractivity (Wildman–Crippen MR) is 92.4 cm³/mol. The van der Waals surface area contributed by atoms with Crippen LogP contribution in [-0.2, 0) is 0 Å². The van der Waals surface area contributed by atoms with Gasteiger partial charge in [-0.05, 0) is 51.6 Å². The Labute approximate surface area is 138 Å². The van der Waals surface area contributed by atoms with E-state index >= 15 is 0 Å². The number of likely N-dealkylation sites (N-methyl/N-ethyl adjacent to an activating group) is 1. The van der Waals surface area contributed by atoms with E-state index in [1.807, 2.05) is 12.1 Å². The second-order valence-corrected chi connectivity index (χ2v) is 7.27. The third-order valence-corrected chi connectivity index (χ3v) is 5.65. The minimum Gasteiger partial charge on any atom is -0.308 e. The highest BCUT2D eigenvalue weighted by atomic mass is 35.5. The van der Waals surface area contributed by atoms with Crippen molar-refractivity contribution in [3.63, 3.8) is 0 Å². The second-order valence-electron chi connectivity index (χ2n) is 6.46. The molecule has 0 radical (unpaired) electrons. The predicted octanol–water partition coefficient (Wildman–Crippen LogP) is 4.91. The van der Waals surface area contributed by atoms with Crippen LogP contribution in [0, 0.1) is 0 Å². The first-order chi connectivity index (χ1) is 9.94. The van der Waals surface area contributed by atoms with Crippen LogP contribution in [0.2, 0.25) is 10.0 Å². The third-order valence-electron chi connectivity index (χ3n) is 4.91. The summed E-state index contributed by atoms with van der Waals surface area (Å²) >= 11 is 12.1. The monoisotopic (exact) mass is 328 g/mol. The van der Waals surface area contributed by atoms with Crippen LogP contribution in [0.1, 0.15) is 50.6 Å². The Hall–Kier alpha value is -0.280. The van der Waals surface area contributed by atoms with Crippen LogP contribution < -0.4 is 5.32 Å². The van der Waals surface area contributed by atoms with Gasteiger partial charge in [0.05, 0.1) is 10.0 Å². The molecule has 0 heterocycles. The lowest BCUT2D eigenvalue weighted by Crippen LogP contribution is -2.53. The molecular weight excluding hydrogens is 303 g/mol. The average Bonchev–Trinajstić information content (AvgIpc) is 2.48. The van der Waals surface area contributed by atoms with Gasteiger partial charge in [-0.1, -0.05) is 48.5 Å². The third kappa shape index (κ3) is 4.13. The molecule has 0 aliphatic heterocycles. The van der Waals surface area contributed by atoms with E-state index < -0.39 is 0 Å². The molecule has 2 rings (SSSR count). The minimum atomic E-state index is 0.276. The first kappa shape index (κ1) is 17.1. The topological polar surface area (TPSA) is 15.3 Å². The van der Waals surface area contributed by atoms with Crippen molar-refractivity contribution in [1.82, 2.24) is 10.2 Å². The number of nitrogens with zero attached hydrogens (tertiary/aromatic N) is 1. The van der Waals surface area contributed by atoms with Gasteiger partial charge >= 0.3 is 0 Å². The molecule has 0 saturated heterocycles. The Morgan fingerprint density at radius 1 is 1.14 bits per heavy atom. The van der Waals surface area contributed by atoms with E-state index in [0.717, 1.165) is 6.54 Å². The van der Waals surface area contributed by atoms with Crippen molar-refractivity contribution in [2.75, 3.05) is 20.6 Å². The van der Waals surface area contributed by atoms with Crippen LogP contribution in [0.25, 0.3) is 0 Å². The van der Waals surface area contributed by atoms with Crippen LogP contribution in [0.4, 0.5) is 0 Å². The van der Waals surface area contributed by atoms with Crippen molar-refractivity contribution in [2.24, 2.45) is 0 Å². The molecule has 1 aliphatic rings. The maximum atomic E-state index is 6.12. The molecule has 0 spiro atoms. The first-order valence-electron chi connectivity index (χ1n) is 7.80. The highest BCUT2D eigenvalue weighted by molar-refractivity contribution is 6.42. The van der Waals surface area contributed by atoms with Crippen molar-refractivity contribution < 1.29 is 0 Å². The number of halogens is 2. The quantitative estimate of drug-likeness (QED) is 0.826. The van der Waals surface area contributed by atoms with Gasteiger partial charge in [0.1, 0.15) is 0 Å². The SMILES string of the molecule is CC(NCC1(N(C)C)CCCCC1)c1ccc(Cl)c(Cl)c1. The molecule has 1 N–H and O–H groups in total. The van der Waals surface area contributed by atoms with E-state index in [0.29, 0.717) is 15.6 Å². The summed E-state index contributed by atoms with van der Waals surface area (Å²) in [7, 11) is 4.41. The molecule has 21 heavy (non-hydrogen) atoms. The smallest absolute Gasteiger partial charge is 0.0595 e. The Kier molecular flexibility index (Phi) is 5.96. The standard InChI is InChI=1S/C17H26Cl2N2/c1-13(14-7-8-15(18)16(19)11-14)20-12-17(21(2)3)9-5-4-6-10-17/h7-8,11,13,20H,4-6,9-10,12H2,1-3H3. The highest BCUT2D eigenvalue weighted by Crippen LogP contribution is 2.32. The number of rotatable bonds is 5. The molecule has 1 atom stereocenters. The summed E-state index contributed by atoms with van der Waals surface area (Å²) in [6.07, 6.45) is 6.60. The minimum absolute atomic E-state index is 0.276. The maximum Gasteiger partial charge on any atom is 0.0595 e. The van der Waals surface area contributed by atoms with Crippen molar-refractivity contribution in [1.29, 1.82) is 0 Å². The molecule has 2 nitrogen and oxygen atoms in total. The molecule has 0 amide bonds. The molecule has 1 aromatic carbocycles. The zero-order valence-electron chi connectivity index (χ0n) is 13.3. The zero-order chi connectivity index (χ0) is 15.5. The van der Waals surface area contributed by atoms with E-state index in [2.05, 4.69) is 37.3 Å². The first-order valence-corrected chi connectivity index (χ1v) is 8.56. The van der Waals surface area contributed by atoms with Crippen LogP contribution in [0.15, 0.2) is 18.2 Å². The van der Waals surface area contributed by atoms with Gasteiger partial charge in [0, 0.05) is 18.1 Å². The summed E-state index contributed by atoms with van der Waals surface area (Å²) in [5.74, 6) is 0. The number of nitrogens with one attached hydrogen (secondary N) is 1. The molecule has 4 heteroatoms. The number of hydrogen-bond donors (Lipinski definition) is 1. The summed E-state index contributed by atoms with van der Waals surface area (Å²) in [5, 5.41) is 4.94. The summed E-state index contributed by atoms with van der Waals surface area (Å²) in [5.41, 5.74) is 1.48. The van der Waals surface area contributed by atoms with Crippen LogP contribution >= 0.6 is 23.2 Å². The van der Waals surface area contributed by atoms with Crippen molar-refractivity contribution in [3.05, 3.63) is 33.8 Å². The molecule has 0 bridgehead atoms. The zero-order valence-corrected chi connectivity index (χ0v) is 14.8. The summed E-state index contributed by atoms with van der Waals surface area (Å²) in [6.45, 7) is 3.20. The van der Waals surface area contributed by atoms with Gasteiger partial charge in [0.25, 0.3) is 0 Å². The summed E-state index contributed by atoms with van der Waals surface area (Å²) in [4.78, 5) is 2.40. The van der Waals surface area contributed by atoms with E-state index in [1.165, 1.54) is 37.7 Å². The Morgan fingerprint density at radius 3 is 2.38 bits per heavy atom. The molecule has 118 valence electrons. The van der Waals surface area contributed by atoms with Gasteiger partial charge < -0.3 is 10.2 Å². The average molecular weight is 329 g/mol. The molecule has 0 aromatic heterocycles. The van der Waals surface area contributed by atoms with Crippen LogP contribution in [0.3, 0.4) is 0 Å². The van der Waals surface area contributed by atoms with Gasteiger partial charge in [0.2, 0.25) is 0 Å². The fourth-order valence-corrected chi connectivity index (χ4v) is 3.54. The summed E-state index contributed by atoms with van der Waals surface area (Å²) in [6, 6.07) is 6.16. The van der Waals surface area contributed by atoms with E-state index in [-0.39, 0.29) is 6.04 Å². The van der Waals surface area contributed by atoms with Crippen molar-refractivity contribution in [3.8, 4) is 0 Å². The Balaban J connectivity index is 2.01. The highest BCUT2D eigenvalue weighted by Gasteiger charge is 2.34. The molecule has 1 saturated carbocycles. The Morgan fingerprint density at radius 2 is 1.81 bits per heavy atom. The Bertz CT molecular complexity index is 468. The van der Waals surface area contributed by atoms with Gasteiger partial charge in [-0.15, -0.1) is 0 Å². The van der Waals surface area contributed by atoms with Gasteiger partial charge in [-0.25, -0.2) is 0 Å². The van der Waals surface area contributed by atoms with Crippen molar-refractivity contribution >= 4 is 23.2 Å². The number of hydrogen-bond acceptors (Lipinski definition) is 2. The molecular formula is C17H26Cl2N2.